The summed E-state index contributed by atoms with van der Waals surface area (Å²) < 4.78 is 38.8. The van der Waals surface area contributed by atoms with Crippen molar-refractivity contribution >= 4 is 22.0 Å². The Morgan fingerprint density at radius 2 is 1.53 bits per heavy atom. The molecule has 0 unspecified atom stereocenters. The molecule has 8 heteroatoms. The highest BCUT2D eigenvalue weighted by Crippen LogP contribution is 2.32. The van der Waals surface area contributed by atoms with Crippen molar-refractivity contribution in [3.63, 3.8) is 0 Å². The van der Waals surface area contributed by atoms with Crippen molar-refractivity contribution in [3.8, 4) is 0 Å². The third kappa shape index (κ3) is 5.19. The number of carbonyl (C=O) groups is 2. The lowest BCUT2D eigenvalue weighted by atomic mass is 9.90. The van der Waals surface area contributed by atoms with Gasteiger partial charge in [-0.05, 0) is 56.9 Å². The number of hydrogen-bond acceptors (Lipinski definition) is 6. The fourth-order valence-corrected chi connectivity index (χ4v) is 5.55. The number of aryl methyl sites for hydroxylation is 1. The first-order chi connectivity index (χ1) is 15.3. The lowest BCUT2D eigenvalue weighted by Gasteiger charge is -2.37. The second-order valence-electron chi connectivity index (χ2n) is 7.78. The van der Waals surface area contributed by atoms with Gasteiger partial charge in [0, 0.05) is 12.6 Å². The Morgan fingerprint density at radius 1 is 0.969 bits per heavy atom. The highest BCUT2D eigenvalue weighted by atomic mass is 32.2. The van der Waals surface area contributed by atoms with Crippen LogP contribution in [0.1, 0.15) is 37.0 Å². The van der Waals surface area contributed by atoms with Crippen LogP contribution in [0.4, 0.5) is 0 Å². The zero-order valence-electron chi connectivity index (χ0n) is 18.6. The predicted octanol–water partition coefficient (Wildman–Crippen LogP) is 3.24. The van der Waals surface area contributed by atoms with E-state index in [1.54, 1.807) is 38.1 Å². The Morgan fingerprint density at radius 3 is 2.09 bits per heavy atom. The van der Waals surface area contributed by atoms with Gasteiger partial charge in [-0.3, -0.25) is 9.59 Å². The molecule has 0 aliphatic carbocycles. The largest absolute Gasteiger partial charge is 0.465 e. The quantitative estimate of drug-likeness (QED) is 0.445. The number of rotatable bonds is 8. The van der Waals surface area contributed by atoms with Crippen LogP contribution in [0.15, 0.2) is 53.4 Å². The smallest absolute Gasteiger partial charge is 0.320 e. The molecule has 0 saturated heterocycles. The standard InChI is InChI=1S/C24H29NO6S/c1-4-30-23(26)22(24(27)31-5-2)15-20-14-18-8-6-7-9-19(18)16-25(20)32(28,29)21-12-10-17(3)11-13-21/h6-13,20,22H,4-5,14-16H2,1-3H3/t20-/m0/s1. The van der Waals surface area contributed by atoms with Gasteiger partial charge in [-0.25, -0.2) is 8.42 Å². The minimum absolute atomic E-state index is 0.0168. The number of hydrogen-bond donors (Lipinski definition) is 0. The van der Waals surface area contributed by atoms with Gasteiger partial charge in [0.05, 0.1) is 18.1 Å². The van der Waals surface area contributed by atoms with Crippen LogP contribution in [0.25, 0.3) is 0 Å². The number of benzene rings is 2. The van der Waals surface area contributed by atoms with Crippen molar-refractivity contribution in [1.29, 1.82) is 0 Å². The fraction of sp³-hybridized carbons (Fsp3) is 0.417. The van der Waals surface area contributed by atoms with Gasteiger partial charge in [0.1, 0.15) is 0 Å². The van der Waals surface area contributed by atoms with E-state index < -0.39 is 33.9 Å². The number of esters is 2. The monoisotopic (exact) mass is 459 g/mol. The second-order valence-corrected chi connectivity index (χ2v) is 9.67. The molecule has 0 aromatic heterocycles. The van der Waals surface area contributed by atoms with Crippen LogP contribution in [-0.2, 0) is 42.1 Å². The van der Waals surface area contributed by atoms with Crippen LogP contribution < -0.4 is 0 Å². The fourth-order valence-electron chi connectivity index (χ4n) is 3.94. The first-order valence-corrected chi connectivity index (χ1v) is 12.2. The van der Waals surface area contributed by atoms with Crippen LogP contribution in [0, 0.1) is 12.8 Å². The summed E-state index contributed by atoms with van der Waals surface area (Å²) in [5, 5.41) is 0. The van der Waals surface area contributed by atoms with Crippen LogP contribution in [0.3, 0.4) is 0 Å². The molecule has 0 saturated carbocycles. The molecule has 1 aliphatic heterocycles. The molecule has 0 N–H and O–H groups in total. The minimum atomic E-state index is -3.86. The van der Waals surface area contributed by atoms with E-state index in [1.807, 2.05) is 31.2 Å². The molecular formula is C24H29NO6S. The third-order valence-electron chi connectivity index (χ3n) is 5.58. The van der Waals surface area contributed by atoms with E-state index >= 15 is 0 Å². The molecule has 1 aliphatic rings. The molecule has 0 radical (unpaired) electrons. The Kier molecular flexibility index (Phi) is 7.69. The van der Waals surface area contributed by atoms with Crippen molar-refractivity contribution in [3.05, 3.63) is 65.2 Å². The van der Waals surface area contributed by atoms with Crippen molar-refractivity contribution < 1.29 is 27.5 Å². The van der Waals surface area contributed by atoms with Crippen LogP contribution >= 0.6 is 0 Å². The molecule has 0 fully saturated rings. The highest BCUT2D eigenvalue weighted by molar-refractivity contribution is 7.89. The van der Waals surface area contributed by atoms with Gasteiger partial charge >= 0.3 is 11.9 Å². The van der Waals surface area contributed by atoms with Gasteiger partial charge in [-0.15, -0.1) is 0 Å². The molecule has 3 rings (SSSR count). The summed E-state index contributed by atoms with van der Waals surface area (Å²) in [5.74, 6) is -2.59. The summed E-state index contributed by atoms with van der Waals surface area (Å²) in [7, 11) is -3.86. The number of ether oxygens (including phenoxy) is 2. The molecule has 172 valence electrons. The molecule has 2 aromatic carbocycles. The summed E-state index contributed by atoms with van der Waals surface area (Å²) >= 11 is 0. The molecular weight excluding hydrogens is 430 g/mol. The summed E-state index contributed by atoms with van der Waals surface area (Å²) in [4.78, 5) is 25.3. The Labute approximate surface area is 189 Å². The van der Waals surface area contributed by atoms with Gasteiger partial charge in [0.15, 0.2) is 5.92 Å². The van der Waals surface area contributed by atoms with E-state index in [1.165, 1.54) is 4.31 Å². The van der Waals surface area contributed by atoms with Crippen LogP contribution in [0.2, 0.25) is 0 Å². The summed E-state index contributed by atoms with van der Waals surface area (Å²) in [6.07, 6.45) is 0.369. The normalized spacial score (nSPS) is 16.4. The van der Waals surface area contributed by atoms with Crippen LogP contribution in [-0.4, -0.2) is 43.9 Å². The lowest BCUT2D eigenvalue weighted by molar-refractivity contribution is -0.162. The number of sulfonamides is 1. The molecule has 7 nitrogen and oxygen atoms in total. The van der Waals surface area contributed by atoms with Crippen LogP contribution in [0.5, 0.6) is 0 Å². The Hall–Kier alpha value is -2.71. The van der Waals surface area contributed by atoms with Crippen molar-refractivity contribution in [2.24, 2.45) is 5.92 Å². The number of nitrogens with zero attached hydrogens (tertiary/aromatic N) is 1. The number of fused-ring (bicyclic) bond motifs is 1. The van der Waals surface area contributed by atoms with E-state index in [-0.39, 0.29) is 31.1 Å². The first kappa shape index (κ1) is 23.9. The molecule has 0 bridgehead atoms. The zero-order chi connectivity index (χ0) is 23.3. The van der Waals surface area contributed by atoms with E-state index in [4.69, 9.17) is 9.47 Å². The Balaban J connectivity index is 2.00. The predicted molar refractivity (Wildman–Crippen MR) is 119 cm³/mol. The maximum atomic E-state index is 13.6. The number of carbonyl (C=O) groups excluding carboxylic acids is 2. The molecule has 1 atom stereocenters. The molecule has 0 amide bonds. The van der Waals surface area contributed by atoms with E-state index in [0.717, 1.165) is 16.7 Å². The first-order valence-electron chi connectivity index (χ1n) is 10.8. The third-order valence-corrected chi connectivity index (χ3v) is 7.50. The van der Waals surface area contributed by atoms with Gasteiger partial charge < -0.3 is 9.47 Å². The van der Waals surface area contributed by atoms with Crippen molar-refractivity contribution in [2.75, 3.05) is 13.2 Å². The van der Waals surface area contributed by atoms with Gasteiger partial charge in [-0.2, -0.15) is 4.31 Å². The minimum Gasteiger partial charge on any atom is -0.465 e. The van der Waals surface area contributed by atoms with Crippen molar-refractivity contribution in [1.82, 2.24) is 4.31 Å². The molecule has 0 spiro atoms. The molecule has 2 aromatic rings. The van der Waals surface area contributed by atoms with E-state index in [9.17, 15) is 18.0 Å². The van der Waals surface area contributed by atoms with Gasteiger partial charge in [-0.1, -0.05) is 42.0 Å². The summed E-state index contributed by atoms with van der Waals surface area (Å²) in [6, 6.07) is 13.7. The average Bonchev–Trinajstić information content (AvgIpc) is 2.77. The summed E-state index contributed by atoms with van der Waals surface area (Å²) in [6.45, 7) is 5.60. The van der Waals surface area contributed by atoms with Gasteiger partial charge in [0.2, 0.25) is 10.0 Å². The maximum Gasteiger partial charge on any atom is 0.320 e. The second kappa shape index (κ2) is 10.3. The highest BCUT2D eigenvalue weighted by Gasteiger charge is 2.40. The summed E-state index contributed by atoms with van der Waals surface area (Å²) in [5.41, 5.74) is 2.86. The molecule has 32 heavy (non-hydrogen) atoms. The van der Waals surface area contributed by atoms with Gasteiger partial charge in [0.25, 0.3) is 0 Å². The topological polar surface area (TPSA) is 90.0 Å². The Bertz CT molecular complexity index is 1050. The SMILES string of the molecule is CCOC(=O)C(C[C@@H]1Cc2ccccc2CN1S(=O)(=O)c1ccc(C)cc1)C(=O)OCC. The molecule has 1 heterocycles. The average molecular weight is 460 g/mol. The van der Waals surface area contributed by atoms with Crippen molar-refractivity contribution in [2.45, 2.75) is 51.1 Å². The lowest BCUT2D eigenvalue weighted by Crippen LogP contribution is -2.47. The van der Waals surface area contributed by atoms with E-state index in [0.29, 0.717) is 6.42 Å². The maximum absolute atomic E-state index is 13.6. The zero-order valence-corrected chi connectivity index (χ0v) is 19.4. The van der Waals surface area contributed by atoms with E-state index in [2.05, 4.69) is 0 Å².